The summed E-state index contributed by atoms with van der Waals surface area (Å²) < 4.78 is 5.84. The molecular formula is C15H18NO2Rf-. The number of hydrogen-bond donors (Lipinski definition) is 0. The van der Waals surface area contributed by atoms with Crippen molar-refractivity contribution < 1.29 is 9.53 Å². The van der Waals surface area contributed by atoms with Crippen LogP contribution in [0.25, 0.3) is 0 Å². The maximum Gasteiger partial charge on any atom is 0.226 e. The molecule has 2 aliphatic rings. The largest absolute Gasteiger partial charge is 0.354 e. The number of nitrogens with zero attached hydrogens (tertiary/aromatic N) is 1. The van der Waals surface area contributed by atoms with Crippen molar-refractivity contribution in [1.82, 2.24) is 4.90 Å². The van der Waals surface area contributed by atoms with E-state index in [0.29, 0.717) is 6.61 Å². The van der Waals surface area contributed by atoms with Crippen LogP contribution >= 0.6 is 0 Å². The number of hydrogen-bond acceptors (Lipinski definition) is 2. The van der Waals surface area contributed by atoms with Gasteiger partial charge in [0, 0.05) is 18.1 Å². The molecular weight excluding hydrogens is 493 g/mol. The van der Waals surface area contributed by atoms with Gasteiger partial charge in [0.05, 0.1) is 0 Å². The van der Waals surface area contributed by atoms with Gasteiger partial charge in [0.25, 0.3) is 0 Å². The first-order valence-corrected chi connectivity index (χ1v) is 6.41. The molecule has 3 nitrogen and oxygen atoms in total. The van der Waals surface area contributed by atoms with Crippen LogP contribution in [0.2, 0.25) is 0 Å². The molecule has 2 fully saturated rings. The SMILES string of the molecule is [CH2-][C@@]12COC(c3ccccc3)N1C(=O)C(C)[C@@H]2C.[Rf]. The summed E-state index contributed by atoms with van der Waals surface area (Å²) in [5.74, 6) is 0.403. The topological polar surface area (TPSA) is 29.5 Å². The molecule has 2 heterocycles. The van der Waals surface area contributed by atoms with E-state index < -0.39 is 5.54 Å². The fraction of sp³-hybridized carbons (Fsp3) is 0.467. The van der Waals surface area contributed by atoms with Crippen molar-refractivity contribution in [1.29, 1.82) is 0 Å². The Hall–Kier alpha value is -2.35. The Morgan fingerprint density at radius 1 is 1.32 bits per heavy atom. The van der Waals surface area contributed by atoms with Gasteiger partial charge in [0.1, 0.15) is 0 Å². The number of carbonyl (C=O) groups excluding carboxylic acids is 1. The first kappa shape index (κ1) is 13.1. The Balaban J connectivity index is 0.00000133. The van der Waals surface area contributed by atoms with E-state index in [9.17, 15) is 4.79 Å². The molecule has 3 rings (SSSR count). The molecule has 2 saturated heterocycles. The number of ether oxygens (including phenoxy) is 1. The van der Waals surface area contributed by atoms with Gasteiger partial charge < -0.3 is 16.6 Å². The van der Waals surface area contributed by atoms with Crippen LogP contribution in [0.15, 0.2) is 30.3 Å². The maximum atomic E-state index is 12.4. The minimum Gasteiger partial charge on any atom is -0.354 e. The second-order valence-corrected chi connectivity index (χ2v) is 5.46. The van der Waals surface area contributed by atoms with Gasteiger partial charge in [-0.15, -0.1) is 0 Å². The zero-order chi connectivity index (χ0) is 12.9. The van der Waals surface area contributed by atoms with Crippen LogP contribution in [0.1, 0.15) is 25.6 Å². The van der Waals surface area contributed by atoms with E-state index in [2.05, 4.69) is 13.8 Å². The van der Waals surface area contributed by atoms with E-state index in [0.717, 1.165) is 5.56 Å². The third-order valence-corrected chi connectivity index (χ3v) is 4.51. The number of rotatable bonds is 1. The Labute approximate surface area is 108 Å². The Kier molecular flexibility index (Phi) is 2.82. The fourth-order valence-electron chi connectivity index (χ4n) is 3.05. The van der Waals surface area contributed by atoms with Gasteiger partial charge in [-0.05, 0) is 5.92 Å². The monoisotopic (exact) mass is 511 g/mol. The van der Waals surface area contributed by atoms with Crippen LogP contribution in [0.3, 0.4) is 0 Å². The average molecular weight is 511 g/mol. The summed E-state index contributed by atoms with van der Waals surface area (Å²) in [6.45, 7) is 8.86. The summed E-state index contributed by atoms with van der Waals surface area (Å²) in [4.78, 5) is 14.2. The number of amides is 1. The molecule has 4 heteroatoms. The van der Waals surface area contributed by atoms with Crippen molar-refractivity contribution >= 4 is 5.91 Å². The van der Waals surface area contributed by atoms with Gasteiger partial charge in [0.2, 0.25) is 5.91 Å². The minimum atomic E-state index is -0.406. The quantitative estimate of drug-likeness (QED) is 0.543. The summed E-state index contributed by atoms with van der Waals surface area (Å²) in [5, 5.41) is 0. The summed E-state index contributed by atoms with van der Waals surface area (Å²) in [6.07, 6.45) is -0.274. The Bertz CT molecular complexity index is 478. The molecule has 0 N–H and O–H groups in total. The predicted octanol–water partition coefficient (Wildman–Crippen LogP) is 2.40. The molecule has 2 unspecified atom stereocenters. The average Bonchev–Trinajstić information content (AvgIpc) is 2.82. The second-order valence-electron chi connectivity index (χ2n) is 5.46. The van der Waals surface area contributed by atoms with Gasteiger partial charge in [0.15, 0.2) is 6.23 Å². The van der Waals surface area contributed by atoms with Gasteiger partial charge in [-0.2, -0.15) is 0 Å². The third kappa shape index (κ3) is 1.53. The molecule has 0 bridgehead atoms. The van der Waals surface area contributed by atoms with Crippen molar-refractivity contribution in [2.75, 3.05) is 6.61 Å². The molecule has 4 atom stereocenters. The maximum absolute atomic E-state index is 12.4. The van der Waals surface area contributed by atoms with Crippen LogP contribution < -0.4 is 0 Å². The van der Waals surface area contributed by atoms with Gasteiger partial charge in [-0.1, -0.05) is 49.7 Å². The molecule has 19 heavy (non-hydrogen) atoms. The molecule has 0 aromatic heterocycles. The third-order valence-electron chi connectivity index (χ3n) is 4.51. The van der Waals surface area contributed by atoms with Gasteiger partial charge in [-0.25, -0.2) is 0 Å². The zero-order valence-electron chi connectivity index (χ0n) is 11.5. The predicted molar refractivity (Wildman–Crippen MR) is 68.4 cm³/mol. The smallest absolute Gasteiger partial charge is 0.226 e. The summed E-state index contributed by atoms with van der Waals surface area (Å²) in [6, 6.07) is 9.89. The van der Waals surface area contributed by atoms with E-state index in [1.165, 1.54) is 0 Å². The second kappa shape index (κ2) is 4.09. The summed E-state index contributed by atoms with van der Waals surface area (Å²) >= 11 is 0. The van der Waals surface area contributed by atoms with E-state index in [-0.39, 0.29) is 24.0 Å². The first-order chi connectivity index (χ1) is 8.55. The molecule has 0 aliphatic carbocycles. The number of benzene rings is 1. The van der Waals surface area contributed by atoms with Crippen LogP contribution in [0.4, 0.5) is 0 Å². The van der Waals surface area contributed by atoms with Crippen molar-refractivity contribution in [3.63, 3.8) is 0 Å². The normalized spacial score (nSPS) is 37.1. The van der Waals surface area contributed by atoms with Crippen molar-refractivity contribution in [2.24, 2.45) is 11.8 Å². The minimum absolute atomic E-state index is 0. The van der Waals surface area contributed by atoms with Gasteiger partial charge >= 0.3 is 0 Å². The van der Waals surface area contributed by atoms with Crippen molar-refractivity contribution in [2.45, 2.75) is 25.6 Å². The van der Waals surface area contributed by atoms with Crippen LogP contribution in [0.5, 0.6) is 0 Å². The summed E-state index contributed by atoms with van der Waals surface area (Å²) in [5.41, 5.74) is 0.620. The van der Waals surface area contributed by atoms with Gasteiger partial charge in [-0.3, -0.25) is 4.79 Å². The van der Waals surface area contributed by atoms with E-state index >= 15 is 0 Å². The Morgan fingerprint density at radius 3 is 2.58 bits per heavy atom. The zero-order valence-corrected chi connectivity index (χ0v) is 17.9. The molecule has 0 spiro atoms. The molecule has 2 aliphatic heterocycles. The van der Waals surface area contributed by atoms with E-state index in [1.807, 2.05) is 42.2 Å². The molecule has 0 radical (unpaired) electrons. The standard InChI is InChI=1S/C15H18NO2.Rf/c1-10-11(2)15(3)9-18-14(16(15)13(10)17)12-7-5-4-6-8-12;/h4-8,10-11,14H,3,9H2,1-2H3;/q-1;/t10?,11-,14?,15-;/m0./s1. The molecule has 1 aromatic carbocycles. The summed E-state index contributed by atoms with van der Waals surface area (Å²) in [7, 11) is 0. The Morgan fingerprint density at radius 2 is 1.95 bits per heavy atom. The van der Waals surface area contributed by atoms with Crippen LogP contribution in [0, 0.1) is 18.8 Å². The molecule has 0 saturated carbocycles. The van der Waals surface area contributed by atoms with E-state index in [4.69, 9.17) is 4.74 Å². The van der Waals surface area contributed by atoms with Crippen LogP contribution in [-0.2, 0) is 9.53 Å². The number of fused-ring (bicyclic) bond motifs is 1. The fourth-order valence-corrected chi connectivity index (χ4v) is 3.05. The molecule has 1 amide bonds. The van der Waals surface area contributed by atoms with Crippen molar-refractivity contribution in [3.05, 3.63) is 42.8 Å². The van der Waals surface area contributed by atoms with Crippen LogP contribution in [-0.4, -0.2) is 23.0 Å². The molecule has 1 aromatic rings. The molecule has 98 valence electrons. The van der Waals surface area contributed by atoms with E-state index in [1.54, 1.807) is 0 Å². The number of carbonyl (C=O) groups is 1. The van der Waals surface area contributed by atoms with Crippen molar-refractivity contribution in [3.8, 4) is 0 Å². The first-order valence-electron chi connectivity index (χ1n) is 6.41.